The predicted molar refractivity (Wildman–Crippen MR) is 96.4 cm³/mol. The second-order valence-corrected chi connectivity index (χ2v) is 6.54. The highest BCUT2D eigenvalue weighted by Crippen LogP contribution is 2.21. The lowest BCUT2D eigenvalue weighted by Crippen LogP contribution is -2.13. The van der Waals surface area contributed by atoms with E-state index in [1.54, 1.807) is 28.8 Å². The number of nitrogens with zero attached hydrogens (tertiary/aromatic N) is 4. The lowest BCUT2D eigenvalue weighted by atomic mass is 10.2. The molecule has 1 amide bonds. The van der Waals surface area contributed by atoms with Gasteiger partial charge in [0.15, 0.2) is 5.69 Å². The van der Waals surface area contributed by atoms with E-state index in [0.29, 0.717) is 27.4 Å². The Bertz CT molecular complexity index is 902. The van der Waals surface area contributed by atoms with Crippen molar-refractivity contribution in [1.29, 1.82) is 0 Å². The van der Waals surface area contributed by atoms with E-state index in [2.05, 4.69) is 31.4 Å². The summed E-state index contributed by atoms with van der Waals surface area (Å²) in [6.07, 6.45) is 3.35. The number of hydrogen-bond donors (Lipinski definition) is 1. The van der Waals surface area contributed by atoms with Crippen molar-refractivity contribution in [3.05, 3.63) is 63.1 Å². The van der Waals surface area contributed by atoms with Gasteiger partial charge in [0.1, 0.15) is 0 Å². The minimum Gasteiger partial charge on any atom is -0.318 e. The van der Waals surface area contributed by atoms with Gasteiger partial charge in [-0.15, -0.1) is 0 Å². The Morgan fingerprint density at radius 2 is 2.12 bits per heavy atom. The molecule has 8 heteroatoms. The zero-order valence-corrected chi connectivity index (χ0v) is 15.5. The Balaban J connectivity index is 1.73. The molecule has 3 aromatic rings. The summed E-state index contributed by atoms with van der Waals surface area (Å²) in [5, 5.41) is 11.9. The van der Waals surface area contributed by atoms with Gasteiger partial charge in [-0.3, -0.25) is 14.2 Å². The van der Waals surface area contributed by atoms with Crippen LogP contribution in [-0.4, -0.2) is 25.5 Å². The first-order valence-electron chi connectivity index (χ1n) is 7.22. The molecule has 0 saturated heterocycles. The number of amides is 1. The van der Waals surface area contributed by atoms with E-state index in [-0.39, 0.29) is 5.91 Å². The monoisotopic (exact) mass is 407 g/mol. The average molecular weight is 409 g/mol. The smallest absolute Gasteiger partial charge is 0.277 e. The quantitative estimate of drug-likeness (QED) is 0.717. The van der Waals surface area contributed by atoms with Crippen LogP contribution in [0.25, 0.3) is 0 Å². The molecule has 124 valence electrons. The van der Waals surface area contributed by atoms with Crippen LogP contribution in [0.2, 0.25) is 5.02 Å². The second kappa shape index (κ2) is 6.78. The van der Waals surface area contributed by atoms with Gasteiger partial charge in [0.05, 0.1) is 28.6 Å². The van der Waals surface area contributed by atoms with Crippen molar-refractivity contribution >= 4 is 39.1 Å². The first-order valence-corrected chi connectivity index (χ1v) is 8.39. The number of rotatable bonds is 4. The van der Waals surface area contributed by atoms with Crippen molar-refractivity contribution < 1.29 is 4.79 Å². The minimum absolute atomic E-state index is 0.289. The van der Waals surface area contributed by atoms with Crippen molar-refractivity contribution in [3.8, 4) is 0 Å². The molecule has 0 bridgehead atoms. The second-order valence-electron chi connectivity index (χ2n) is 5.34. The van der Waals surface area contributed by atoms with Gasteiger partial charge in [0.2, 0.25) is 0 Å². The maximum atomic E-state index is 12.3. The van der Waals surface area contributed by atoms with Crippen LogP contribution >= 0.6 is 27.5 Å². The molecule has 0 atom stereocenters. The van der Waals surface area contributed by atoms with E-state index in [1.165, 1.54) is 0 Å². The number of aryl methyl sites for hydroxylation is 1. The third kappa shape index (κ3) is 3.37. The summed E-state index contributed by atoms with van der Waals surface area (Å²) in [4.78, 5) is 12.3. The van der Waals surface area contributed by atoms with Gasteiger partial charge in [0.25, 0.3) is 5.91 Å². The van der Waals surface area contributed by atoms with Gasteiger partial charge >= 0.3 is 0 Å². The number of hydrogen-bond acceptors (Lipinski definition) is 3. The van der Waals surface area contributed by atoms with E-state index in [9.17, 15) is 4.79 Å². The number of carbonyl (C=O) groups is 1. The highest BCUT2D eigenvalue weighted by atomic mass is 79.9. The van der Waals surface area contributed by atoms with Crippen molar-refractivity contribution in [3.63, 3.8) is 0 Å². The molecule has 0 saturated carbocycles. The summed E-state index contributed by atoms with van der Waals surface area (Å²) < 4.78 is 4.06. The molecule has 1 aromatic carbocycles. The Hall–Kier alpha value is -2.12. The van der Waals surface area contributed by atoms with Crippen LogP contribution in [0.1, 0.15) is 21.7 Å². The largest absolute Gasteiger partial charge is 0.318 e. The Labute approximate surface area is 152 Å². The summed E-state index contributed by atoms with van der Waals surface area (Å²) in [6, 6.07) is 7.58. The standard InChI is InChI=1S/C16H15BrClN5O/c1-10-14(17)15(21-22(10)2)16(24)20-12-7-19-23(9-12)8-11-5-3-4-6-13(11)18/h3-7,9H,8H2,1-2H3,(H,20,24). The SMILES string of the molecule is Cc1c(Br)c(C(=O)Nc2cnn(Cc3ccccc3Cl)c2)nn1C. The zero-order valence-electron chi connectivity index (χ0n) is 13.1. The van der Waals surface area contributed by atoms with Crippen LogP contribution in [0.5, 0.6) is 0 Å². The van der Waals surface area contributed by atoms with Crippen LogP contribution < -0.4 is 5.32 Å². The molecular weight excluding hydrogens is 394 g/mol. The van der Waals surface area contributed by atoms with Crippen LogP contribution in [0.4, 0.5) is 5.69 Å². The van der Waals surface area contributed by atoms with E-state index in [1.807, 2.05) is 31.2 Å². The summed E-state index contributed by atoms with van der Waals surface area (Å²) in [5.74, 6) is -0.289. The molecule has 0 aliphatic heterocycles. The number of benzene rings is 1. The van der Waals surface area contributed by atoms with Gasteiger partial charge in [-0.1, -0.05) is 29.8 Å². The fraction of sp³-hybridized carbons (Fsp3) is 0.188. The fourth-order valence-electron chi connectivity index (χ4n) is 2.23. The van der Waals surface area contributed by atoms with Crippen molar-refractivity contribution in [2.45, 2.75) is 13.5 Å². The summed E-state index contributed by atoms with van der Waals surface area (Å²) in [6.45, 7) is 2.41. The lowest BCUT2D eigenvalue weighted by molar-refractivity contribution is 0.102. The molecule has 0 aliphatic rings. The highest BCUT2D eigenvalue weighted by Gasteiger charge is 2.18. The lowest BCUT2D eigenvalue weighted by Gasteiger charge is -2.04. The van der Waals surface area contributed by atoms with Gasteiger partial charge in [-0.25, -0.2) is 0 Å². The van der Waals surface area contributed by atoms with Crippen LogP contribution in [0.3, 0.4) is 0 Å². The summed E-state index contributed by atoms with van der Waals surface area (Å²) in [5.41, 5.74) is 2.79. The van der Waals surface area contributed by atoms with Crippen LogP contribution in [0, 0.1) is 6.92 Å². The third-order valence-electron chi connectivity index (χ3n) is 3.66. The van der Waals surface area contributed by atoms with E-state index < -0.39 is 0 Å². The molecule has 0 fully saturated rings. The maximum Gasteiger partial charge on any atom is 0.277 e. The molecular formula is C16H15BrClN5O. The number of nitrogens with one attached hydrogen (secondary N) is 1. The third-order valence-corrected chi connectivity index (χ3v) is 4.98. The number of aromatic nitrogens is 4. The van der Waals surface area contributed by atoms with Crippen LogP contribution in [-0.2, 0) is 13.6 Å². The van der Waals surface area contributed by atoms with Gasteiger partial charge in [-0.2, -0.15) is 10.2 Å². The van der Waals surface area contributed by atoms with Crippen molar-refractivity contribution in [1.82, 2.24) is 19.6 Å². The van der Waals surface area contributed by atoms with E-state index in [0.717, 1.165) is 11.3 Å². The molecule has 0 aliphatic carbocycles. The summed E-state index contributed by atoms with van der Waals surface area (Å²) in [7, 11) is 1.79. The van der Waals surface area contributed by atoms with Gasteiger partial charge < -0.3 is 5.32 Å². The van der Waals surface area contributed by atoms with Gasteiger partial charge in [0, 0.05) is 18.3 Å². The molecule has 0 radical (unpaired) electrons. The molecule has 2 heterocycles. The minimum atomic E-state index is -0.289. The Morgan fingerprint density at radius 3 is 2.79 bits per heavy atom. The zero-order chi connectivity index (χ0) is 17.3. The molecule has 6 nitrogen and oxygen atoms in total. The molecule has 24 heavy (non-hydrogen) atoms. The predicted octanol–water partition coefficient (Wildman–Crippen LogP) is 3.64. The first kappa shape index (κ1) is 16.7. The molecule has 0 unspecified atom stereocenters. The van der Waals surface area contributed by atoms with Crippen molar-refractivity contribution in [2.75, 3.05) is 5.32 Å². The van der Waals surface area contributed by atoms with Crippen molar-refractivity contribution in [2.24, 2.45) is 7.05 Å². The molecule has 3 rings (SSSR count). The maximum absolute atomic E-state index is 12.3. The average Bonchev–Trinajstić information content (AvgIpc) is 3.09. The topological polar surface area (TPSA) is 64.7 Å². The molecule has 2 aromatic heterocycles. The number of anilines is 1. The highest BCUT2D eigenvalue weighted by molar-refractivity contribution is 9.10. The van der Waals surface area contributed by atoms with E-state index >= 15 is 0 Å². The fourth-order valence-corrected chi connectivity index (χ4v) is 2.94. The van der Waals surface area contributed by atoms with Gasteiger partial charge in [-0.05, 0) is 34.5 Å². The number of halogens is 2. The summed E-state index contributed by atoms with van der Waals surface area (Å²) >= 11 is 9.55. The number of carbonyl (C=O) groups excluding carboxylic acids is 1. The molecule has 1 N–H and O–H groups in total. The van der Waals surface area contributed by atoms with Crippen LogP contribution in [0.15, 0.2) is 41.1 Å². The normalized spacial score (nSPS) is 10.8. The van der Waals surface area contributed by atoms with E-state index in [4.69, 9.17) is 11.6 Å². The Kier molecular flexibility index (Phi) is 4.73. The molecule has 0 spiro atoms. The first-order chi connectivity index (χ1) is 11.5. The Morgan fingerprint density at radius 1 is 1.38 bits per heavy atom.